The molecule has 0 saturated heterocycles. The van der Waals surface area contributed by atoms with Crippen molar-refractivity contribution in [2.24, 2.45) is 4.99 Å². The topological polar surface area (TPSA) is 86.3 Å². The van der Waals surface area contributed by atoms with Crippen LogP contribution in [-0.2, 0) is 22.8 Å². The molecule has 3 rings (SSSR count). The smallest absolute Gasteiger partial charge is 0.191 e. The number of aryl methyl sites for hydroxylation is 1. The molecule has 2 aromatic carbocycles. The van der Waals surface area contributed by atoms with Gasteiger partial charge in [0.1, 0.15) is 5.82 Å². The lowest BCUT2D eigenvalue weighted by atomic mass is 10.1. The fourth-order valence-corrected chi connectivity index (χ4v) is 4.37. The Kier molecular flexibility index (Phi) is 6.77. The van der Waals surface area contributed by atoms with Gasteiger partial charge in [0, 0.05) is 36.4 Å². The van der Waals surface area contributed by atoms with E-state index >= 15 is 0 Å². The third-order valence-corrected chi connectivity index (χ3v) is 6.08. The van der Waals surface area contributed by atoms with Crippen molar-refractivity contribution in [2.45, 2.75) is 31.7 Å². The number of guanidine groups is 1. The summed E-state index contributed by atoms with van der Waals surface area (Å²) in [5.41, 5.74) is 3.61. The van der Waals surface area contributed by atoms with Crippen molar-refractivity contribution in [2.75, 3.05) is 19.3 Å². The van der Waals surface area contributed by atoms with E-state index in [1.807, 2.05) is 19.2 Å². The first-order valence-electron chi connectivity index (χ1n) is 9.85. The zero-order valence-corrected chi connectivity index (χ0v) is 18.2. The van der Waals surface area contributed by atoms with Crippen LogP contribution >= 0.6 is 0 Å². The number of H-pyrrole nitrogens is 1. The molecule has 6 nitrogen and oxygen atoms in total. The Morgan fingerprint density at radius 3 is 2.67 bits per heavy atom. The normalized spacial score (nSPS) is 12.3. The second kappa shape index (κ2) is 9.30. The molecular formula is C22H27FN4O2S. The summed E-state index contributed by atoms with van der Waals surface area (Å²) in [6.07, 6.45) is 3.83. The summed E-state index contributed by atoms with van der Waals surface area (Å²) in [4.78, 5) is 8.09. The Balaban J connectivity index is 1.64. The highest BCUT2D eigenvalue weighted by molar-refractivity contribution is 7.90. The van der Waals surface area contributed by atoms with E-state index in [1.165, 1.54) is 12.3 Å². The van der Waals surface area contributed by atoms with E-state index in [2.05, 4.69) is 20.6 Å². The van der Waals surface area contributed by atoms with E-state index in [4.69, 9.17) is 0 Å². The Labute approximate surface area is 176 Å². The first-order valence-corrected chi connectivity index (χ1v) is 11.7. The summed E-state index contributed by atoms with van der Waals surface area (Å²) in [7, 11) is -3.23. The standard InChI is InChI=1S/C22H27FN4O2S/c1-4-24-22(27-13-16-5-8-21(15(2)11-16)30(3,28)29)25-10-9-17-14-26-20-7-6-18(23)12-19(17)20/h5-8,11-12,14,26H,4,9-10,13H2,1-3H3,(H2,24,25,27). The summed E-state index contributed by atoms with van der Waals surface area (Å²) < 4.78 is 37.1. The number of benzene rings is 2. The van der Waals surface area contributed by atoms with Crippen LogP contribution in [-0.4, -0.2) is 38.7 Å². The molecule has 0 radical (unpaired) electrons. The Morgan fingerprint density at radius 1 is 1.17 bits per heavy atom. The summed E-state index contributed by atoms with van der Waals surface area (Å²) in [6, 6.07) is 10.0. The minimum atomic E-state index is -3.23. The molecule has 0 unspecified atom stereocenters. The van der Waals surface area contributed by atoms with E-state index < -0.39 is 9.84 Å². The van der Waals surface area contributed by atoms with Crippen molar-refractivity contribution in [1.29, 1.82) is 0 Å². The number of sulfone groups is 1. The Morgan fingerprint density at radius 2 is 1.97 bits per heavy atom. The average Bonchev–Trinajstić information content (AvgIpc) is 3.07. The minimum Gasteiger partial charge on any atom is -0.361 e. The van der Waals surface area contributed by atoms with Crippen LogP contribution in [0.3, 0.4) is 0 Å². The van der Waals surface area contributed by atoms with Crippen molar-refractivity contribution in [3.05, 3.63) is 65.1 Å². The molecule has 0 spiro atoms. The van der Waals surface area contributed by atoms with Gasteiger partial charge in [0.15, 0.2) is 15.8 Å². The van der Waals surface area contributed by atoms with E-state index in [0.29, 0.717) is 23.9 Å². The zero-order valence-electron chi connectivity index (χ0n) is 17.4. The van der Waals surface area contributed by atoms with Crippen LogP contribution in [0, 0.1) is 12.7 Å². The monoisotopic (exact) mass is 430 g/mol. The van der Waals surface area contributed by atoms with Crippen LogP contribution in [0.25, 0.3) is 10.9 Å². The van der Waals surface area contributed by atoms with Crippen LogP contribution in [0.4, 0.5) is 4.39 Å². The molecule has 0 fully saturated rings. The number of nitrogens with one attached hydrogen (secondary N) is 3. The SMILES string of the molecule is CCNC(=NCc1ccc(S(C)(=O)=O)c(C)c1)NCCc1c[nH]c2ccc(F)cc12. The number of rotatable bonds is 7. The molecule has 1 heterocycles. The molecule has 160 valence electrons. The van der Waals surface area contributed by atoms with Crippen molar-refractivity contribution in [3.63, 3.8) is 0 Å². The maximum atomic E-state index is 13.5. The Bertz CT molecular complexity index is 1170. The van der Waals surface area contributed by atoms with Crippen LogP contribution in [0.1, 0.15) is 23.6 Å². The lowest BCUT2D eigenvalue weighted by molar-refractivity contribution is 0.601. The molecule has 3 aromatic rings. The minimum absolute atomic E-state index is 0.247. The van der Waals surface area contributed by atoms with Gasteiger partial charge in [0.05, 0.1) is 11.4 Å². The predicted molar refractivity (Wildman–Crippen MR) is 119 cm³/mol. The molecule has 0 bridgehead atoms. The number of hydrogen-bond acceptors (Lipinski definition) is 3. The van der Waals surface area contributed by atoms with Gasteiger partial charge in [0.25, 0.3) is 0 Å². The number of nitrogens with zero attached hydrogens (tertiary/aromatic N) is 1. The zero-order chi connectivity index (χ0) is 21.7. The van der Waals surface area contributed by atoms with Crippen molar-refractivity contribution in [1.82, 2.24) is 15.6 Å². The highest BCUT2D eigenvalue weighted by atomic mass is 32.2. The van der Waals surface area contributed by atoms with Crippen molar-refractivity contribution < 1.29 is 12.8 Å². The second-order valence-corrected chi connectivity index (χ2v) is 9.23. The number of aromatic amines is 1. The molecule has 3 N–H and O–H groups in total. The molecule has 0 aliphatic rings. The third kappa shape index (κ3) is 5.38. The van der Waals surface area contributed by atoms with Gasteiger partial charge >= 0.3 is 0 Å². The van der Waals surface area contributed by atoms with Crippen LogP contribution in [0.15, 0.2) is 52.5 Å². The maximum absolute atomic E-state index is 13.5. The third-order valence-electron chi connectivity index (χ3n) is 4.82. The molecule has 0 amide bonds. The summed E-state index contributed by atoms with van der Waals surface area (Å²) >= 11 is 0. The molecule has 0 saturated carbocycles. The highest BCUT2D eigenvalue weighted by Crippen LogP contribution is 2.20. The molecule has 30 heavy (non-hydrogen) atoms. The molecule has 0 aliphatic carbocycles. The highest BCUT2D eigenvalue weighted by Gasteiger charge is 2.11. The van der Waals surface area contributed by atoms with E-state index in [0.717, 1.165) is 40.6 Å². The van der Waals surface area contributed by atoms with Crippen molar-refractivity contribution >= 4 is 26.7 Å². The molecule has 0 atom stereocenters. The number of aromatic nitrogens is 1. The summed E-state index contributed by atoms with van der Waals surface area (Å²) in [6.45, 7) is 5.57. The van der Waals surface area contributed by atoms with E-state index in [9.17, 15) is 12.8 Å². The number of fused-ring (bicyclic) bond motifs is 1. The van der Waals surface area contributed by atoms with E-state index in [1.54, 1.807) is 31.2 Å². The van der Waals surface area contributed by atoms with Crippen LogP contribution < -0.4 is 10.6 Å². The van der Waals surface area contributed by atoms with Crippen molar-refractivity contribution in [3.8, 4) is 0 Å². The molecular weight excluding hydrogens is 403 g/mol. The number of hydrogen-bond donors (Lipinski definition) is 3. The van der Waals surface area contributed by atoms with Gasteiger partial charge in [-0.1, -0.05) is 12.1 Å². The average molecular weight is 431 g/mol. The van der Waals surface area contributed by atoms with Gasteiger partial charge in [-0.25, -0.2) is 17.8 Å². The van der Waals surface area contributed by atoms with Gasteiger partial charge in [-0.3, -0.25) is 0 Å². The fourth-order valence-electron chi connectivity index (χ4n) is 3.41. The number of halogens is 1. The predicted octanol–water partition coefficient (Wildman–Crippen LogP) is 3.32. The first-order chi connectivity index (χ1) is 14.3. The molecule has 1 aromatic heterocycles. The molecule has 0 aliphatic heterocycles. The summed E-state index contributed by atoms with van der Waals surface area (Å²) in [5, 5.41) is 7.39. The van der Waals surface area contributed by atoms with Gasteiger partial charge < -0.3 is 15.6 Å². The van der Waals surface area contributed by atoms with Crippen LogP contribution in [0.5, 0.6) is 0 Å². The first kappa shape index (κ1) is 21.8. The van der Waals surface area contributed by atoms with E-state index in [-0.39, 0.29) is 5.82 Å². The summed E-state index contributed by atoms with van der Waals surface area (Å²) in [5.74, 6) is 0.428. The van der Waals surface area contributed by atoms with Gasteiger partial charge in [-0.2, -0.15) is 0 Å². The van der Waals surface area contributed by atoms with Crippen LogP contribution in [0.2, 0.25) is 0 Å². The van der Waals surface area contributed by atoms with Gasteiger partial charge in [0.2, 0.25) is 0 Å². The lowest BCUT2D eigenvalue weighted by Crippen LogP contribution is -2.38. The van der Waals surface area contributed by atoms with Gasteiger partial charge in [-0.05, 0) is 61.2 Å². The fraction of sp³-hybridized carbons (Fsp3) is 0.318. The quantitative estimate of drug-likeness (QED) is 0.396. The Hall–Kier alpha value is -2.87. The second-order valence-electron chi connectivity index (χ2n) is 7.25. The number of aliphatic imine (C=N–C) groups is 1. The lowest BCUT2D eigenvalue weighted by Gasteiger charge is -2.12. The molecule has 8 heteroatoms. The maximum Gasteiger partial charge on any atom is 0.191 e. The largest absolute Gasteiger partial charge is 0.361 e. The van der Waals surface area contributed by atoms with Gasteiger partial charge in [-0.15, -0.1) is 0 Å².